The van der Waals surface area contributed by atoms with Crippen molar-refractivity contribution in [3.63, 3.8) is 0 Å². The molecule has 0 aliphatic carbocycles. The van der Waals surface area contributed by atoms with Crippen LogP contribution in [0.4, 0.5) is 13.2 Å². The van der Waals surface area contributed by atoms with Crippen molar-refractivity contribution in [2.45, 2.75) is 70.5 Å². The maximum absolute atomic E-state index is 11.9. The number of hydrogen-bond acceptors (Lipinski definition) is 1. The maximum Gasteiger partial charge on any atom is 0.389 e. The fourth-order valence-corrected chi connectivity index (χ4v) is 2.45. The minimum atomic E-state index is -3.99. The van der Waals surface area contributed by atoms with Crippen LogP contribution in [0.2, 0.25) is 0 Å². The smallest absolute Gasteiger partial charge is 0.326 e. The third kappa shape index (κ3) is 9.51. The quantitative estimate of drug-likeness (QED) is 0.578. The van der Waals surface area contributed by atoms with Crippen molar-refractivity contribution in [1.82, 2.24) is 0 Å². The molecule has 1 aromatic rings. The van der Waals surface area contributed by atoms with E-state index in [0.717, 1.165) is 44.1 Å². The molecule has 0 aliphatic rings. The summed E-state index contributed by atoms with van der Waals surface area (Å²) in [6, 6.07) is 8.34. The van der Waals surface area contributed by atoms with Crippen molar-refractivity contribution in [2.75, 3.05) is 0 Å². The highest BCUT2D eigenvalue weighted by Gasteiger charge is 2.25. The zero-order valence-corrected chi connectivity index (χ0v) is 12.6. The third-order valence-electron chi connectivity index (χ3n) is 3.65. The summed E-state index contributed by atoms with van der Waals surface area (Å²) in [5, 5.41) is 0. The fourth-order valence-electron chi connectivity index (χ4n) is 2.45. The normalized spacial score (nSPS) is 11.8. The van der Waals surface area contributed by atoms with Gasteiger partial charge in [0.15, 0.2) is 0 Å². The zero-order chi connectivity index (χ0) is 15.6. The van der Waals surface area contributed by atoms with E-state index in [4.69, 9.17) is 5.73 Å². The Balaban J connectivity index is 1.97. The SMILES string of the molecule is NCc1cccc(CCCCCCCCCC(F)(F)F)c1. The largest absolute Gasteiger partial charge is 0.389 e. The van der Waals surface area contributed by atoms with Gasteiger partial charge >= 0.3 is 6.18 Å². The van der Waals surface area contributed by atoms with Crippen LogP contribution in [-0.2, 0) is 13.0 Å². The van der Waals surface area contributed by atoms with Crippen LogP contribution < -0.4 is 5.73 Å². The van der Waals surface area contributed by atoms with Gasteiger partial charge in [0, 0.05) is 13.0 Å². The van der Waals surface area contributed by atoms with E-state index in [0.29, 0.717) is 13.0 Å². The second kappa shape index (κ2) is 9.82. The number of unbranched alkanes of at least 4 members (excludes halogenated alkanes) is 6. The molecule has 0 radical (unpaired) electrons. The molecule has 0 heterocycles. The van der Waals surface area contributed by atoms with Gasteiger partial charge in [-0.3, -0.25) is 0 Å². The van der Waals surface area contributed by atoms with Gasteiger partial charge in [-0.1, -0.05) is 56.4 Å². The lowest BCUT2D eigenvalue weighted by atomic mass is 10.0. The van der Waals surface area contributed by atoms with Crippen molar-refractivity contribution >= 4 is 0 Å². The van der Waals surface area contributed by atoms with Gasteiger partial charge in [0.1, 0.15) is 0 Å². The average Bonchev–Trinajstić information content (AvgIpc) is 2.44. The summed E-state index contributed by atoms with van der Waals surface area (Å²) in [6.07, 6.45) is 2.75. The van der Waals surface area contributed by atoms with E-state index < -0.39 is 12.6 Å². The first-order chi connectivity index (χ1) is 10.0. The predicted molar refractivity (Wildman–Crippen MR) is 81.0 cm³/mol. The molecular formula is C17H26F3N. The van der Waals surface area contributed by atoms with Crippen molar-refractivity contribution in [3.8, 4) is 0 Å². The minimum Gasteiger partial charge on any atom is -0.326 e. The van der Waals surface area contributed by atoms with Crippen LogP contribution >= 0.6 is 0 Å². The summed E-state index contributed by atoms with van der Waals surface area (Å²) in [4.78, 5) is 0. The molecule has 0 aliphatic heterocycles. The van der Waals surface area contributed by atoms with Crippen LogP contribution in [0.1, 0.15) is 62.5 Å². The number of alkyl halides is 3. The van der Waals surface area contributed by atoms with Crippen molar-refractivity contribution < 1.29 is 13.2 Å². The lowest BCUT2D eigenvalue weighted by Crippen LogP contribution is -2.06. The van der Waals surface area contributed by atoms with Crippen LogP contribution in [-0.4, -0.2) is 6.18 Å². The van der Waals surface area contributed by atoms with Gasteiger partial charge in [0.05, 0.1) is 0 Å². The first kappa shape index (κ1) is 18.0. The molecule has 2 N–H and O–H groups in total. The van der Waals surface area contributed by atoms with E-state index in [1.807, 2.05) is 12.1 Å². The van der Waals surface area contributed by atoms with Gasteiger partial charge in [-0.15, -0.1) is 0 Å². The van der Waals surface area contributed by atoms with Gasteiger partial charge in [-0.25, -0.2) is 0 Å². The molecule has 1 nitrogen and oxygen atoms in total. The van der Waals surface area contributed by atoms with Crippen molar-refractivity contribution in [2.24, 2.45) is 5.73 Å². The lowest BCUT2D eigenvalue weighted by molar-refractivity contribution is -0.135. The summed E-state index contributed by atoms with van der Waals surface area (Å²) in [7, 11) is 0. The fraction of sp³-hybridized carbons (Fsp3) is 0.647. The monoisotopic (exact) mass is 301 g/mol. The number of nitrogens with two attached hydrogens (primary N) is 1. The van der Waals surface area contributed by atoms with Crippen LogP contribution in [0.3, 0.4) is 0 Å². The summed E-state index contributed by atoms with van der Waals surface area (Å²) < 4.78 is 35.8. The van der Waals surface area contributed by atoms with Gasteiger partial charge in [-0.2, -0.15) is 13.2 Å². The van der Waals surface area contributed by atoms with Crippen LogP contribution in [0.5, 0.6) is 0 Å². The summed E-state index contributed by atoms with van der Waals surface area (Å²) >= 11 is 0. The minimum absolute atomic E-state index is 0.273. The molecule has 0 bridgehead atoms. The molecule has 0 spiro atoms. The molecule has 4 heteroatoms. The Morgan fingerprint density at radius 1 is 0.810 bits per heavy atom. The first-order valence-corrected chi connectivity index (χ1v) is 7.86. The number of rotatable bonds is 10. The standard InChI is InChI=1S/C17H26F3N/c18-17(19,20)12-7-5-3-1-2-4-6-9-15-10-8-11-16(13-15)14-21/h8,10-11,13H,1-7,9,12,14,21H2. The molecule has 0 fully saturated rings. The van der Waals surface area contributed by atoms with Gasteiger partial charge < -0.3 is 5.73 Å². The molecule has 0 unspecified atom stereocenters. The molecule has 0 amide bonds. The second-order valence-electron chi connectivity index (χ2n) is 5.61. The van der Waals surface area contributed by atoms with E-state index in [2.05, 4.69) is 12.1 Å². The number of benzene rings is 1. The molecule has 0 saturated heterocycles. The van der Waals surface area contributed by atoms with Crippen LogP contribution in [0.15, 0.2) is 24.3 Å². The molecule has 21 heavy (non-hydrogen) atoms. The second-order valence-corrected chi connectivity index (χ2v) is 5.61. The van der Waals surface area contributed by atoms with E-state index in [1.165, 1.54) is 5.56 Å². The summed E-state index contributed by atoms with van der Waals surface area (Å²) in [5.74, 6) is 0. The Labute approximate surface area is 125 Å². The number of aryl methyl sites for hydroxylation is 1. The van der Waals surface area contributed by atoms with E-state index in [9.17, 15) is 13.2 Å². The maximum atomic E-state index is 11.9. The Morgan fingerprint density at radius 3 is 2.00 bits per heavy atom. The Kier molecular flexibility index (Phi) is 8.43. The summed E-state index contributed by atoms with van der Waals surface area (Å²) in [5.41, 5.74) is 8.10. The lowest BCUT2D eigenvalue weighted by Gasteiger charge is -2.06. The molecule has 1 aromatic carbocycles. The molecule has 120 valence electrons. The Hall–Kier alpha value is -1.03. The molecular weight excluding hydrogens is 275 g/mol. The first-order valence-electron chi connectivity index (χ1n) is 7.86. The highest BCUT2D eigenvalue weighted by Crippen LogP contribution is 2.23. The molecule has 0 atom stereocenters. The Morgan fingerprint density at radius 2 is 1.38 bits per heavy atom. The summed E-state index contributed by atoms with van der Waals surface area (Å²) in [6.45, 7) is 0.575. The van der Waals surface area contributed by atoms with Crippen LogP contribution in [0, 0.1) is 0 Å². The predicted octanol–water partition coefficient (Wildman–Crippen LogP) is 5.37. The average molecular weight is 301 g/mol. The highest BCUT2D eigenvalue weighted by atomic mass is 19.4. The van der Waals surface area contributed by atoms with Gasteiger partial charge in [0.2, 0.25) is 0 Å². The molecule has 0 saturated carbocycles. The Bertz CT molecular complexity index is 388. The van der Waals surface area contributed by atoms with Gasteiger partial charge in [0.25, 0.3) is 0 Å². The molecule has 0 aromatic heterocycles. The molecule has 1 rings (SSSR count). The van der Waals surface area contributed by atoms with Crippen LogP contribution in [0.25, 0.3) is 0 Å². The number of halogens is 3. The van der Waals surface area contributed by atoms with Crippen molar-refractivity contribution in [3.05, 3.63) is 35.4 Å². The van der Waals surface area contributed by atoms with E-state index >= 15 is 0 Å². The highest BCUT2D eigenvalue weighted by molar-refractivity contribution is 5.23. The number of hydrogen-bond donors (Lipinski definition) is 1. The van der Waals surface area contributed by atoms with Crippen molar-refractivity contribution in [1.29, 1.82) is 0 Å². The van der Waals surface area contributed by atoms with E-state index in [-0.39, 0.29) is 6.42 Å². The third-order valence-corrected chi connectivity index (χ3v) is 3.65. The zero-order valence-electron chi connectivity index (χ0n) is 12.6. The van der Waals surface area contributed by atoms with Gasteiger partial charge in [-0.05, 0) is 30.4 Å². The van der Waals surface area contributed by atoms with E-state index in [1.54, 1.807) is 0 Å². The topological polar surface area (TPSA) is 26.0 Å².